The van der Waals surface area contributed by atoms with Crippen molar-refractivity contribution in [2.24, 2.45) is 5.92 Å². The zero-order valence-corrected chi connectivity index (χ0v) is 14.0. The van der Waals surface area contributed by atoms with Crippen molar-refractivity contribution < 1.29 is 13.9 Å². The molecule has 1 atom stereocenters. The highest BCUT2D eigenvalue weighted by molar-refractivity contribution is 9.10. The first-order chi connectivity index (χ1) is 10.1. The van der Waals surface area contributed by atoms with E-state index >= 15 is 0 Å². The minimum atomic E-state index is -0.342. The molecule has 0 bridgehead atoms. The SMILES string of the molecule is CCOC(C(=O)Cc1cc(F)ccc1Br)C1CCCCC1. The minimum Gasteiger partial charge on any atom is -0.370 e. The number of ether oxygens (including phenoxy) is 1. The molecular weight excluding hydrogens is 335 g/mol. The maximum Gasteiger partial charge on any atom is 0.166 e. The molecule has 1 fully saturated rings. The average Bonchev–Trinajstić information content (AvgIpc) is 2.49. The Kier molecular flexibility index (Phi) is 6.37. The van der Waals surface area contributed by atoms with Gasteiger partial charge in [0.25, 0.3) is 0 Å². The van der Waals surface area contributed by atoms with Gasteiger partial charge in [0.2, 0.25) is 0 Å². The summed E-state index contributed by atoms with van der Waals surface area (Å²) in [6.07, 6.45) is 5.58. The molecule has 1 aromatic rings. The van der Waals surface area contributed by atoms with Crippen LogP contribution in [0.15, 0.2) is 22.7 Å². The third kappa shape index (κ3) is 4.62. The first kappa shape index (κ1) is 16.6. The Balaban J connectivity index is 2.08. The first-order valence-corrected chi connectivity index (χ1v) is 8.49. The summed E-state index contributed by atoms with van der Waals surface area (Å²) in [6.45, 7) is 2.46. The van der Waals surface area contributed by atoms with Crippen LogP contribution >= 0.6 is 15.9 Å². The van der Waals surface area contributed by atoms with Crippen LogP contribution in [0.25, 0.3) is 0 Å². The summed E-state index contributed by atoms with van der Waals surface area (Å²) in [7, 11) is 0. The Morgan fingerprint density at radius 1 is 1.38 bits per heavy atom. The highest BCUT2D eigenvalue weighted by atomic mass is 79.9. The molecule has 0 heterocycles. The summed E-state index contributed by atoms with van der Waals surface area (Å²) in [6, 6.07) is 4.46. The molecule has 116 valence electrons. The van der Waals surface area contributed by atoms with Crippen molar-refractivity contribution in [1.82, 2.24) is 0 Å². The van der Waals surface area contributed by atoms with Gasteiger partial charge in [0.15, 0.2) is 5.78 Å². The Morgan fingerprint density at radius 3 is 2.76 bits per heavy atom. The van der Waals surface area contributed by atoms with Gasteiger partial charge in [-0.3, -0.25) is 4.79 Å². The molecule has 1 aromatic carbocycles. The maximum atomic E-state index is 13.3. The second-order valence-electron chi connectivity index (χ2n) is 5.65. The summed E-state index contributed by atoms with van der Waals surface area (Å²) >= 11 is 3.38. The lowest BCUT2D eigenvalue weighted by atomic mass is 9.82. The molecule has 0 radical (unpaired) electrons. The smallest absolute Gasteiger partial charge is 0.166 e. The van der Waals surface area contributed by atoms with Gasteiger partial charge in [-0.25, -0.2) is 4.39 Å². The quantitative estimate of drug-likeness (QED) is 0.739. The van der Waals surface area contributed by atoms with Crippen molar-refractivity contribution in [3.8, 4) is 0 Å². The van der Waals surface area contributed by atoms with Crippen LogP contribution in [0.3, 0.4) is 0 Å². The topological polar surface area (TPSA) is 26.3 Å². The number of halogens is 2. The van der Waals surface area contributed by atoms with Crippen LogP contribution < -0.4 is 0 Å². The number of rotatable bonds is 6. The average molecular weight is 357 g/mol. The lowest BCUT2D eigenvalue weighted by Gasteiger charge is -2.29. The van der Waals surface area contributed by atoms with Crippen LogP contribution in [-0.2, 0) is 16.0 Å². The predicted molar refractivity (Wildman–Crippen MR) is 84.8 cm³/mol. The van der Waals surface area contributed by atoms with E-state index in [1.54, 1.807) is 6.07 Å². The molecule has 1 unspecified atom stereocenters. The number of carbonyl (C=O) groups excluding carboxylic acids is 1. The molecule has 0 spiro atoms. The Morgan fingerprint density at radius 2 is 2.10 bits per heavy atom. The number of hydrogen-bond donors (Lipinski definition) is 0. The van der Waals surface area contributed by atoms with Gasteiger partial charge >= 0.3 is 0 Å². The largest absolute Gasteiger partial charge is 0.370 e. The molecule has 0 aromatic heterocycles. The van der Waals surface area contributed by atoms with Crippen molar-refractivity contribution in [2.45, 2.75) is 51.6 Å². The first-order valence-electron chi connectivity index (χ1n) is 7.70. The molecule has 21 heavy (non-hydrogen) atoms. The van der Waals surface area contributed by atoms with Crippen molar-refractivity contribution in [3.63, 3.8) is 0 Å². The van der Waals surface area contributed by atoms with E-state index < -0.39 is 0 Å². The Labute approximate surface area is 134 Å². The molecule has 0 aliphatic heterocycles. The van der Waals surface area contributed by atoms with Crippen molar-refractivity contribution in [1.29, 1.82) is 0 Å². The molecule has 0 amide bonds. The van der Waals surface area contributed by atoms with Crippen molar-refractivity contribution >= 4 is 21.7 Å². The zero-order chi connectivity index (χ0) is 15.2. The summed E-state index contributed by atoms with van der Waals surface area (Å²) in [5, 5.41) is 0. The van der Waals surface area contributed by atoms with Gasteiger partial charge in [0, 0.05) is 17.5 Å². The Bertz CT molecular complexity index is 484. The summed E-state index contributed by atoms with van der Waals surface area (Å²) in [5.41, 5.74) is 0.695. The number of benzene rings is 1. The van der Waals surface area contributed by atoms with Gasteiger partial charge < -0.3 is 4.74 Å². The second kappa shape index (κ2) is 8.04. The highest BCUT2D eigenvalue weighted by Crippen LogP contribution is 2.29. The molecule has 1 aliphatic carbocycles. The van der Waals surface area contributed by atoms with Gasteiger partial charge in [-0.15, -0.1) is 0 Å². The molecule has 1 saturated carbocycles. The number of Topliss-reactive ketones (excluding diaryl/α,β-unsaturated/α-hetero) is 1. The van der Waals surface area contributed by atoms with E-state index in [1.807, 2.05) is 6.92 Å². The molecule has 0 N–H and O–H groups in total. The normalized spacial score (nSPS) is 17.7. The van der Waals surface area contributed by atoms with Gasteiger partial charge in [-0.05, 0) is 49.4 Å². The predicted octanol–water partition coefficient (Wildman–Crippen LogP) is 4.69. The molecule has 0 saturated heterocycles. The molecule has 2 rings (SSSR count). The fourth-order valence-corrected chi connectivity index (χ4v) is 3.46. The third-order valence-corrected chi connectivity index (χ3v) is 4.89. The Hall–Kier alpha value is -0.740. The van der Waals surface area contributed by atoms with Gasteiger partial charge in [-0.1, -0.05) is 35.2 Å². The van der Waals surface area contributed by atoms with Crippen LogP contribution in [-0.4, -0.2) is 18.5 Å². The molecule has 4 heteroatoms. The number of hydrogen-bond acceptors (Lipinski definition) is 2. The van der Waals surface area contributed by atoms with Gasteiger partial charge in [0.1, 0.15) is 11.9 Å². The fourth-order valence-electron chi connectivity index (χ4n) is 3.08. The van der Waals surface area contributed by atoms with Crippen molar-refractivity contribution in [3.05, 3.63) is 34.1 Å². The summed E-state index contributed by atoms with van der Waals surface area (Å²) in [4.78, 5) is 12.6. The zero-order valence-electron chi connectivity index (χ0n) is 12.4. The van der Waals surface area contributed by atoms with Crippen LogP contribution in [0.1, 0.15) is 44.6 Å². The molecule has 1 aliphatic rings. The lowest BCUT2D eigenvalue weighted by molar-refractivity contribution is -0.134. The van der Waals surface area contributed by atoms with E-state index in [-0.39, 0.29) is 24.1 Å². The standard InChI is InChI=1S/C17H22BrFO2/c1-2-21-17(12-6-4-3-5-7-12)16(20)11-13-10-14(19)8-9-15(13)18/h8-10,12,17H,2-7,11H2,1H3. The summed E-state index contributed by atoms with van der Waals surface area (Å²) < 4.78 is 19.8. The fraction of sp³-hybridized carbons (Fsp3) is 0.588. The van der Waals surface area contributed by atoms with Crippen LogP contribution in [0.2, 0.25) is 0 Å². The van der Waals surface area contributed by atoms with Gasteiger partial charge in [-0.2, -0.15) is 0 Å². The van der Waals surface area contributed by atoms with E-state index in [2.05, 4.69) is 15.9 Å². The second-order valence-corrected chi connectivity index (χ2v) is 6.51. The maximum absolute atomic E-state index is 13.3. The summed E-state index contributed by atoms with van der Waals surface area (Å²) in [5.74, 6) is 0.0696. The monoisotopic (exact) mass is 356 g/mol. The number of carbonyl (C=O) groups is 1. The third-order valence-electron chi connectivity index (χ3n) is 4.11. The van der Waals surface area contributed by atoms with E-state index in [0.717, 1.165) is 17.3 Å². The van der Waals surface area contributed by atoms with E-state index in [1.165, 1.54) is 31.4 Å². The lowest BCUT2D eigenvalue weighted by Crippen LogP contribution is -2.35. The molecular formula is C17H22BrFO2. The minimum absolute atomic E-state index is 0.0649. The van der Waals surface area contributed by atoms with E-state index in [4.69, 9.17) is 4.74 Å². The van der Waals surface area contributed by atoms with Gasteiger partial charge in [0.05, 0.1) is 0 Å². The van der Waals surface area contributed by atoms with Crippen molar-refractivity contribution in [2.75, 3.05) is 6.61 Å². The van der Waals surface area contributed by atoms with E-state index in [9.17, 15) is 9.18 Å². The van der Waals surface area contributed by atoms with Crippen LogP contribution in [0.4, 0.5) is 4.39 Å². The highest BCUT2D eigenvalue weighted by Gasteiger charge is 2.30. The van der Waals surface area contributed by atoms with E-state index in [0.29, 0.717) is 18.1 Å². The number of ketones is 1. The van der Waals surface area contributed by atoms with Crippen LogP contribution in [0, 0.1) is 11.7 Å². The van der Waals surface area contributed by atoms with Crippen LogP contribution in [0.5, 0.6) is 0 Å². The molecule has 2 nitrogen and oxygen atoms in total.